The van der Waals surface area contributed by atoms with E-state index in [1.807, 2.05) is 13.8 Å². The molecule has 0 radical (unpaired) electrons. The Morgan fingerprint density at radius 1 is 1.25 bits per heavy atom. The van der Waals surface area contributed by atoms with Gasteiger partial charge >= 0.3 is 0 Å². The maximum absolute atomic E-state index is 9.40. The van der Waals surface area contributed by atoms with Gasteiger partial charge in [0.1, 0.15) is 0 Å². The van der Waals surface area contributed by atoms with E-state index in [4.69, 9.17) is 23.2 Å². The molecule has 1 rings (SSSR count). The van der Waals surface area contributed by atoms with Gasteiger partial charge in [-0.25, -0.2) is 0 Å². The molecule has 1 aromatic rings. The summed E-state index contributed by atoms with van der Waals surface area (Å²) in [7, 11) is 0. The SMILES string of the molecule is CCC(CC)(CO)Nc1nc(Cl)nnc1Cl. The lowest BCUT2D eigenvalue weighted by atomic mass is 9.94. The molecule has 0 unspecified atom stereocenters. The second kappa shape index (κ2) is 5.61. The number of rotatable bonds is 5. The van der Waals surface area contributed by atoms with E-state index in [1.165, 1.54) is 0 Å². The quantitative estimate of drug-likeness (QED) is 0.853. The molecule has 0 saturated carbocycles. The summed E-state index contributed by atoms with van der Waals surface area (Å²) in [6.07, 6.45) is 1.47. The van der Waals surface area contributed by atoms with Gasteiger partial charge < -0.3 is 10.4 Å². The van der Waals surface area contributed by atoms with Gasteiger partial charge in [-0.15, -0.1) is 10.2 Å². The van der Waals surface area contributed by atoms with Crippen LogP contribution in [0.5, 0.6) is 0 Å². The molecule has 0 aromatic carbocycles. The highest BCUT2D eigenvalue weighted by Gasteiger charge is 2.26. The number of anilines is 1. The summed E-state index contributed by atoms with van der Waals surface area (Å²) in [4.78, 5) is 3.94. The normalized spacial score (nSPS) is 11.6. The predicted octanol–water partition coefficient (Wildman–Crippen LogP) is 2.14. The fourth-order valence-corrected chi connectivity index (χ4v) is 1.56. The van der Waals surface area contributed by atoms with E-state index >= 15 is 0 Å². The molecule has 16 heavy (non-hydrogen) atoms. The third-order valence-electron chi connectivity index (χ3n) is 2.66. The topological polar surface area (TPSA) is 70.9 Å². The second-order valence-corrected chi connectivity index (χ2v) is 4.19. The van der Waals surface area contributed by atoms with Crippen LogP contribution in [0.25, 0.3) is 0 Å². The van der Waals surface area contributed by atoms with Crippen molar-refractivity contribution in [1.82, 2.24) is 15.2 Å². The van der Waals surface area contributed by atoms with Crippen LogP contribution >= 0.6 is 23.2 Å². The molecule has 0 atom stereocenters. The van der Waals surface area contributed by atoms with Crippen LogP contribution in [0.2, 0.25) is 10.4 Å². The minimum absolute atomic E-state index is 0.0159. The summed E-state index contributed by atoms with van der Waals surface area (Å²) in [5, 5.41) is 19.8. The zero-order valence-corrected chi connectivity index (χ0v) is 10.7. The molecule has 0 spiro atoms. The largest absolute Gasteiger partial charge is 0.394 e. The second-order valence-electron chi connectivity index (χ2n) is 3.49. The first-order valence-electron chi connectivity index (χ1n) is 5.01. The van der Waals surface area contributed by atoms with Crippen molar-refractivity contribution in [2.75, 3.05) is 11.9 Å². The average molecular weight is 265 g/mol. The molecule has 1 heterocycles. The number of nitrogens with one attached hydrogen (secondary N) is 1. The van der Waals surface area contributed by atoms with E-state index in [2.05, 4.69) is 20.5 Å². The Morgan fingerprint density at radius 3 is 2.38 bits per heavy atom. The van der Waals surface area contributed by atoms with E-state index < -0.39 is 5.54 Å². The lowest BCUT2D eigenvalue weighted by Gasteiger charge is -2.31. The molecule has 0 aliphatic rings. The molecule has 0 saturated heterocycles. The van der Waals surface area contributed by atoms with Gasteiger partial charge in [-0.05, 0) is 24.4 Å². The van der Waals surface area contributed by atoms with Crippen molar-refractivity contribution in [1.29, 1.82) is 0 Å². The molecule has 2 N–H and O–H groups in total. The first-order valence-corrected chi connectivity index (χ1v) is 5.77. The van der Waals surface area contributed by atoms with Gasteiger partial charge in [0.15, 0.2) is 11.0 Å². The summed E-state index contributed by atoms with van der Waals surface area (Å²) in [6, 6.07) is 0. The van der Waals surface area contributed by atoms with Crippen molar-refractivity contribution < 1.29 is 5.11 Å². The Labute approximate surface area is 104 Å². The van der Waals surface area contributed by atoms with E-state index in [-0.39, 0.29) is 17.0 Å². The first kappa shape index (κ1) is 13.4. The molecular weight excluding hydrogens is 251 g/mol. The predicted molar refractivity (Wildman–Crippen MR) is 63.9 cm³/mol. The molecule has 5 nitrogen and oxygen atoms in total. The van der Waals surface area contributed by atoms with Crippen LogP contribution in [0.4, 0.5) is 5.82 Å². The summed E-state index contributed by atoms with van der Waals surface area (Å²) in [5.41, 5.74) is -0.455. The monoisotopic (exact) mass is 264 g/mol. The standard InChI is InChI=1S/C9H14Cl2N4O/c1-3-9(4-2,5-16)13-7-6(10)14-15-8(11)12-7/h16H,3-5H2,1-2H3,(H,12,13,15). The number of hydrogen-bond acceptors (Lipinski definition) is 5. The van der Waals surface area contributed by atoms with Gasteiger partial charge in [0.25, 0.3) is 0 Å². The third kappa shape index (κ3) is 2.93. The van der Waals surface area contributed by atoms with Crippen molar-refractivity contribution in [2.24, 2.45) is 0 Å². The number of aliphatic hydroxyl groups excluding tert-OH is 1. The fourth-order valence-electron chi connectivity index (χ4n) is 1.31. The Balaban J connectivity index is 2.97. The van der Waals surface area contributed by atoms with E-state index in [9.17, 15) is 5.11 Å². The summed E-state index contributed by atoms with van der Waals surface area (Å²) in [5.74, 6) is 0.347. The van der Waals surface area contributed by atoms with Crippen LogP contribution in [-0.4, -0.2) is 32.4 Å². The van der Waals surface area contributed by atoms with Gasteiger partial charge in [-0.1, -0.05) is 25.4 Å². The van der Waals surface area contributed by atoms with E-state index in [1.54, 1.807) is 0 Å². The van der Waals surface area contributed by atoms with Crippen LogP contribution in [0, 0.1) is 0 Å². The van der Waals surface area contributed by atoms with Crippen LogP contribution < -0.4 is 5.32 Å². The summed E-state index contributed by atoms with van der Waals surface area (Å²) in [6.45, 7) is 3.92. The molecule has 1 aromatic heterocycles. The first-order chi connectivity index (χ1) is 7.56. The zero-order chi connectivity index (χ0) is 12.2. The van der Waals surface area contributed by atoms with Crippen molar-refractivity contribution >= 4 is 29.0 Å². The van der Waals surface area contributed by atoms with Crippen molar-refractivity contribution in [3.63, 3.8) is 0 Å². The van der Waals surface area contributed by atoms with Crippen LogP contribution in [0.3, 0.4) is 0 Å². The lowest BCUT2D eigenvalue weighted by Crippen LogP contribution is -2.41. The molecule has 0 fully saturated rings. The molecule has 7 heteroatoms. The van der Waals surface area contributed by atoms with Gasteiger partial charge in [0.05, 0.1) is 12.1 Å². The molecule has 0 aliphatic carbocycles. The van der Waals surface area contributed by atoms with E-state index in [0.29, 0.717) is 5.82 Å². The minimum atomic E-state index is -0.455. The summed E-state index contributed by atoms with van der Waals surface area (Å²) >= 11 is 11.5. The van der Waals surface area contributed by atoms with Crippen molar-refractivity contribution in [3.8, 4) is 0 Å². The molecule has 0 amide bonds. The average Bonchev–Trinajstić information content (AvgIpc) is 2.31. The minimum Gasteiger partial charge on any atom is -0.394 e. The number of halogens is 2. The lowest BCUT2D eigenvalue weighted by molar-refractivity contribution is 0.202. The zero-order valence-electron chi connectivity index (χ0n) is 9.17. The number of hydrogen-bond donors (Lipinski definition) is 2. The van der Waals surface area contributed by atoms with Gasteiger partial charge in [-0.2, -0.15) is 4.98 Å². The highest BCUT2D eigenvalue weighted by atomic mass is 35.5. The Morgan fingerprint density at radius 2 is 1.88 bits per heavy atom. The van der Waals surface area contributed by atoms with Crippen LogP contribution in [0.1, 0.15) is 26.7 Å². The van der Waals surface area contributed by atoms with Crippen LogP contribution in [-0.2, 0) is 0 Å². The number of nitrogens with zero attached hydrogens (tertiary/aromatic N) is 3. The molecule has 0 aliphatic heterocycles. The fraction of sp³-hybridized carbons (Fsp3) is 0.667. The smallest absolute Gasteiger partial charge is 0.245 e. The third-order valence-corrected chi connectivity index (χ3v) is 3.07. The maximum atomic E-state index is 9.40. The van der Waals surface area contributed by atoms with Crippen LogP contribution in [0.15, 0.2) is 0 Å². The Kier molecular flexibility index (Phi) is 4.70. The van der Waals surface area contributed by atoms with Crippen molar-refractivity contribution in [2.45, 2.75) is 32.2 Å². The Bertz CT molecular complexity index is 349. The van der Waals surface area contributed by atoms with Gasteiger partial charge in [0.2, 0.25) is 5.28 Å². The highest BCUT2D eigenvalue weighted by molar-refractivity contribution is 6.32. The maximum Gasteiger partial charge on any atom is 0.245 e. The number of aliphatic hydroxyl groups is 1. The highest BCUT2D eigenvalue weighted by Crippen LogP contribution is 2.25. The Hall–Kier alpha value is -0.650. The molecule has 0 bridgehead atoms. The van der Waals surface area contributed by atoms with Gasteiger partial charge in [-0.3, -0.25) is 0 Å². The van der Waals surface area contributed by atoms with Crippen molar-refractivity contribution in [3.05, 3.63) is 10.4 Å². The number of aromatic nitrogens is 3. The summed E-state index contributed by atoms with van der Waals surface area (Å²) < 4.78 is 0. The van der Waals surface area contributed by atoms with Gasteiger partial charge in [0, 0.05) is 0 Å². The van der Waals surface area contributed by atoms with E-state index in [0.717, 1.165) is 12.8 Å². The molecule has 90 valence electrons. The molecular formula is C9H14Cl2N4O.